The van der Waals surface area contributed by atoms with Gasteiger partial charge in [0.2, 0.25) is 0 Å². The summed E-state index contributed by atoms with van der Waals surface area (Å²) in [6.07, 6.45) is 5.51. The first-order chi connectivity index (χ1) is 7.17. The Morgan fingerprint density at radius 1 is 1.33 bits per heavy atom. The Morgan fingerprint density at radius 3 is 2.40 bits per heavy atom. The third-order valence-electron chi connectivity index (χ3n) is 3.41. The van der Waals surface area contributed by atoms with Gasteiger partial charge in [-0.15, -0.1) is 0 Å². The molecular formula is C13H27NO. The molecule has 0 amide bonds. The average molecular weight is 213 g/mol. The van der Waals surface area contributed by atoms with Gasteiger partial charge in [-0.25, -0.2) is 0 Å². The van der Waals surface area contributed by atoms with Crippen LogP contribution >= 0.6 is 0 Å². The second-order valence-electron chi connectivity index (χ2n) is 5.26. The topological polar surface area (TPSA) is 21.3 Å². The Hall–Kier alpha value is -0.0800. The Morgan fingerprint density at radius 2 is 2.00 bits per heavy atom. The lowest BCUT2D eigenvalue weighted by molar-refractivity contribution is 0.138. The fraction of sp³-hybridized carbons (Fsp3) is 1.00. The number of methoxy groups -OCH3 is 1. The monoisotopic (exact) mass is 213 g/mol. The van der Waals surface area contributed by atoms with Crippen LogP contribution in [0.4, 0.5) is 0 Å². The lowest BCUT2D eigenvalue weighted by Crippen LogP contribution is -2.44. The maximum absolute atomic E-state index is 5.27. The highest BCUT2D eigenvalue weighted by Crippen LogP contribution is 2.34. The molecule has 0 aromatic carbocycles. The summed E-state index contributed by atoms with van der Waals surface area (Å²) in [5, 5.41) is 3.75. The van der Waals surface area contributed by atoms with Crippen molar-refractivity contribution in [2.24, 2.45) is 11.8 Å². The van der Waals surface area contributed by atoms with E-state index >= 15 is 0 Å². The van der Waals surface area contributed by atoms with Crippen LogP contribution in [0.15, 0.2) is 0 Å². The van der Waals surface area contributed by atoms with Crippen LogP contribution in [0.3, 0.4) is 0 Å². The van der Waals surface area contributed by atoms with Crippen LogP contribution in [-0.2, 0) is 4.74 Å². The van der Waals surface area contributed by atoms with Gasteiger partial charge in [-0.1, -0.05) is 33.6 Å². The summed E-state index contributed by atoms with van der Waals surface area (Å²) in [5.74, 6) is 1.66. The molecule has 0 aromatic heterocycles. The van der Waals surface area contributed by atoms with Crippen LogP contribution in [0, 0.1) is 11.8 Å². The summed E-state index contributed by atoms with van der Waals surface area (Å²) in [7, 11) is 1.79. The van der Waals surface area contributed by atoms with Crippen molar-refractivity contribution in [1.29, 1.82) is 0 Å². The maximum Gasteiger partial charge on any atom is 0.0618 e. The maximum atomic E-state index is 5.27. The molecule has 0 radical (unpaired) electrons. The molecule has 2 atom stereocenters. The molecular weight excluding hydrogens is 186 g/mol. The molecule has 15 heavy (non-hydrogen) atoms. The quantitative estimate of drug-likeness (QED) is 0.669. The van der Waals surface area contributed by atoms with Gasteiger partial charge in [0.1, 0.15) is 0 Å². The minimum absolute atomic E-state index is 0.513. The zero-order chi connectivity index (χ0) is 11.3. The molecule has 1 saturated carbocycles. The van der Waals surface area contributed by atoms with Crippen molar-refractivity contribution < 1.29 is 4.74 Å². The summed E-state index contributed by atoms with van der Waals surface area (Å²) >= 11 is 0. The van der Waals surface area contributed by atoms with E-state index in [9.17, 15) is 0 Å². The van der Waals surface area contributed by atoms with Gasteiger partial charge < -0.3 is 10.1 Å². The van der Waals surface area contributed by atoms with E-state index in [2.05, 4.69) is 26.1 Å². The molecule has 0 aliphatic heterocycles. The third kappa shape index (κ3) is 4.98. The largest absolute Gasteiger partial charge is 0.383 e. The predicted molar refractivity (Wildman–Crippen MR) is 65.1 cm³/mol. The van der Waals surface area contributed by atoms with E-state index in [0.29, 0.717) is 18.0 Å². The molecule has 90 valence electrons. The highest BCUT2D eigenvalue weighted by molar-refractivity contribution is 4.82. The smallest absolute Gasteiger partial charge is 0.0618 e. The second-order valence-corrected chi connectivity index (χ2v) is 5.26. The summed E-state index contributed by atoms with van der Waals surface area (Å²) in [6.45, 7) is 7.64. The molecule has 2 unspecified atom stereocenters. The Bertz CT molecular complexity index is 166. The first kappa shape index (κ1) is 13.0. The van der Waals surface area contributed by atoms with Crippen molar-refractivity contribution in [2.75, 3.05) is 13.7 Å². The fourth-order valence-corrected chi connectivity index (χ4v) is 2.02. The van der Waals surface area contributed by atoms with Gasteiger partial charge in [-0.05, 0) is 24.7 Å². The molecule has 1 aliphatic rings. The standard InChI is InChI=1S/C13H27NO/c1-5-12(8-11-6-7-11)14-13(9-15-4)10(2)3/h10-14H,5-9H2,1-4H3. The molecule has 0 bridgehead atoms. The summed E-state index contributed by atoms with van der Waals surface area (Å²) < 4.78 is 5.27. The van der Waals surface area contributed by atoms with Gasteiger partial charge in [-0.2, -0.15) is 0 Å². The Kier molecular flexibility index (Phi) is 5.62. The minimum Gasteiger partial charge on any atom is -0.383 e. The summed E-state index contributed by atoms with van der Waals surface area (Å²) in [5.41, 5.74) is 0. The fourth-order valence-electron chi connectivity index (χ4n) is 2.02. The van der Waals surface area contributed by atoms with Crippen molar-refractivity contribution >= 4 is 0 Å². The Labute approximate surface area is 94.8 Å². The van der Waals surface area contributed by atoms with Gasteiger partial charge >= 0.3 is 0 Å². The van der Waals surface area contributed by atoms with Gasteiger partial charge in [0.25, 0.3) is 0 Å². The number of ether oxygens (including phenoxy) is 1. The highest BCUT2D eigenvalue weighted by atomic mass is 16.5. The molecule has 0 spiro atoms. The molecule has 1 rings (SSSR count). The molecule has 0 heterocycles. The van der Waals surface area contributed by atoms with Crippen LogP contribution in [0.2, 0.25) is 0 Å². The van der Waals surface area contributed by atoms with Crippen LogP contribution in [0.1, 0.15) is 46.5 Å². The van der Waals surface area contributed by atoms with Crippen molar-refractivity contribution in [3.8, 4) is 0 Å². The normalized spacial score (nSPS) is 20.6. The first-order valence-electron chi connectivity index (χ1n) is 6.42. The van der Waals surface area contributed by atoms with Gasteiger partial charge in [0.05, 0.1) is 6.61 Å². The number of hydrogen-bond acceptors (Lipinski definition) is 2. The number of nitrogens with one attached hydrogen (secondary N) is 1. The zero-order valence-corrected chi connectivity index (χ0v) is 10.8. The van der Waals surface area contributed by atoms with E-state index in [1.165, 1.54) is 25.7 Å². The molecule has 2 heteroatoms. The van der Waals surface area contributed by atoms with Crippen LogP contribution < -0.4 is 5.32 Å². The Balaban J connectivity index is 2.31. The van der Waals surface area contributed by atoms with E-state index in [-0.39, 0.29) is 0 Å². The zero-order valence-electron chi connectivity index (χ0n) is 10.8. The van der Waals surface area contributed by atoms with E-state index in [0.717, 1.165) is 12.5 Å². The molecule has 0 aromatic rings. The van der Waals surface area contributed by atoms with Crippen molar-refractivity contribution in [2.45, 2.75) is 58.5 Å². The van der Waals surface area contributed by atoms with Gasteiger partial charge in [-0.3, -0.25) is 0 Å². The molecule has 1 aliphatic carbocycles. The highest BCUT2D eigenvalue weighted by Gasteiger charge is 2.26. The van der Waals surface area contributed by atoms with Crippen molar-refractivity contribution in [1.82, 2.24) is 5.32 Å². The molecule has 2 nitrogen and oxygen atoms in total. The molecule has 0 saturated heterocycles. The van der Waals surface area contributed by atoms with Crippen LogP contribution in [0.25, 0.3) is 0 Å². The third-order valence-corrected chi connectivity index (χ3v) is 3.41. The number of hydrogen-bond donors (Lipinski definition) is 1. The SMILES string of the molecule is CCC(CC1CC1)NC(COC)C(C)C. The van der Waals surface area contributed by atoms with E-state index in [1.807, 2.05) is 0 Å². The van der Waals surface area contributed by atoms with Gasteiger partial charge in [0, 0.05) is 19.2 Å². The van der Waals surface area contributed by atoms with Crippen LogP contribution in [-0.4, -0.2) is 25.8 Å². The van der Waals surface area contributed by atoms with Gasteiger partial charge in [0.15, 0.2) is 0 Å². The van der Waals surface area contributed by atoms with Crippen molar-refractivity contribution in [3.63, 3.8) is 0 Å². The van der Waals surface area contributed by atoms with E-state index in [4.69, 9.17) is 4.74 Å². The van der Waals surface area contributed by atoms with Crippen LogP contribution in [0.5, 0.6) is 0 Å². The van der Waals surface area contributed by atoms with E-state index < -0.39 is 0 Å². The number of rotatable bonds is 8. The minimum atomic E-state index is 0.513. The predicted octanol–water partition coefficient (Wildman–Crippen LogP) is 2.83. The molecule has 1 fully saturated rings. The summed E-state index contributed by atoms with van der Waals surface area (Å²) in [6, 6.07) is 1.21. The van der Waals surface area contributed by atoms with E-state index in [1.54, 1.807) is 7.11 Å². The lowest BCUT2D eigenvalue weighted by atomic mass is 10.0. The van der Waals surface area contributed by atoms with Crippen molar-refractivity contribution in [3.05, 3.63) is 0 Å². The average Bonchev–Trinajstić information content (AvgIpc) is 2.99. The summed E-state index contributed by atoms with van der Waals surface area (Å²) in [4.78, 5) is 0. The lowest BCUT2D eigenvalue weighted by Gasteiger charge is -2.27. The molecule has 1 N–H and O–H groups in total. The first-order valence-corrected chi connectivity index (χ1v) is 6.42. The second kappa shape index (κ2) is 6.49.